The Labute approximate surface area is 199 Å². The zero-order valence-electron chi connectivity index (χ0n) is 17.0. The summed E-state index contributed by atoms with van der Waals surface area (Å²) in [6.45, 7) is 0. The largest absolute Gasteiger partial charge is 0.455 e. The first kappa shape index (κ1) is 22.3. The van der Waals surface area contributed by atoms with Gasteiger partial charge in [-0.25, -0.2) is 10.4 Å². The Morgan fingerprint density at radius 3 is 2.48 bits per heavy atom. The number of hydrogen-bond donors (Lipinski definition) is 2. The molecule has 0 atom stereocenters. The van der Waals surface area contributed by atoms with E-state index in [1.54, 1.807) is 54.6 Å². The van der Waals surface area contributed by atoms with Crippen molar-refractivity contribution in [3.8, 4) is 11.5 Å². The second-order valence-electron chi connectivity index (χ2n) is 6.79. The lowest BCUT2D eigenvalue weighted by Gasteiger charge is -2.12. The van der Waals surface area contributed by atoms with Gasteiger partial charge in [-0.1, -0.05) is 41.4 Å². The van der Waals surface area contributed by atoms with Crippen LogP contribution in [-0.2, 0) is 4.79 Å². The van der Waals surface area contributed by atoms with Gasteiger partial charge in [0.2, 0.25) is 6.41 Å². The predicted molar refractivity (Wildman–Crippen MR) is 129 cm³/mol. The predicted octanol–water partition coefficient (Wildman–Crippen LogP) is 5.67. The molecule has 1 aromatic heterocycles. The fourth-order valence-corrected chi connectivity index (χ4v) is 3.31. The minimum Gasteiger partial charge on any atom is -0.455 e. The number of amides is 2. The molecule has 0 radical (unpaired) electrons. The number of nitrogens with zero attached hydrogens (tertiary/aromatic N) is 2. The summed E-state index contributed by atoms with van der Waals surface area (Å²) in [6.07, 6.45) is 1.96. The Morgan fingerprint density at radius 2 is 1.76 bits per heavy atom. The number of aromatic nitrogens is 1. The highest BCUT2D eigenvalue weighted by molar-refractivity contribution is 6.32. The van der Waals surface area contributed by atoms with Crippen LogP contribution in [0.15, 0.2) is 77.9 Å². The van der Waals surface area contributed by atoms with Crippen LogP contribution in [0.1, 0.15) is 15.9 Å². The van der Waals surface area contributed by atoms with E-state index in [1.807, 2.05) is 18.2 Å². The molecule has 4 aromatic rings. The Bertz CT molecular complexity index is 1340. The smallest absolute Gasteiger partial charge is 0.271 e. The van der Waals surface area contributed by atoms with Gasteiger partial charge in [0, 0.05) is 27.6 Å². The fourth-order valence-electron chi connectivity index (χ4n) is 2.99. The molecule has 0 fully saturated rings. The average molecular weight is 479 g/mol. The van der Waals surface area contributed by atoms with E-state index >= 15 is 0 Å². The standard InChI is InChI=1S/C24H16Cl2N4O3/c25-18-8-6-15(7-9-18)24(32)30-28-13-17-10-16-11-21(27-14-31)22(12-20(16)29-23(17)26)33-19-4-2-1-3-5-19/h1-14H,(H,27,31)(H,30,32)/b28-13+. The third-order valence-corrected chi connectivity index (χ3v) is 5.11. The fraction of sp³-hybridized carbons (Fsp3) is 0. The van der Waals surface area contributed by atoms with Crippen LogP contribution in [0.4, 0.5) is 5.69 Å². The number of rotatable bonds is 7. The van der Waals surface area contributed by atoms with Crippen molar-refractivity contribution in [3.63, 3.8) is 0 Å². The molecule has 1 heterocycles. The topological polar surface area (TPSA) is 92.7 Å². The van der Waals surface area contributed by atoms with Crippen LogP contribution in [0.3, 0.4) is 0 Å². The van der Waals surface area contributed by atoms with Gasteiger partial charge in [0.1, 0.15) is 10.9 Å². The monoisotopic (exact) mass is 478 g/mol. The molecule has 0 bridgehead atoms. The van der Waals surface area contributed by atoms with Gasteiger partial charge < -0.3 is 10.1 Å². The van der Waals surface area contributed by atoms with Crippen LogP contribution in [0.5, 0.6) is 11.5 Å². The van der Waals surface area contributed by atoms with Gasteiger partial charge in [0.25, 0.3) is 5.91 Å². The van der Waals surface area contributed by atoms with Crippen LogP contribution >= 0.6 is 23.2 Å². The summed E-state index contributed by atoms with van der Waals surface area (Å²) < 4.78 is 5.89. The van der Waals surface area contributed by atoms with Gasteiger partial charge in [-0.2, -0.15) is 5.10 Å². The van der Waals surface area contributed by atoms with Crippen molar-refractivity contribution < 1.29 is 14.3 Å². The van der Waals surface area contributed by atoms with Crippen molar-refractivity contribution in [2.45, 2.75) is 0 Å². The first-order valence-corrected chi connectivity index (χ1v) is 10.5. The molecular weight excluding hydrogens is 463 g/mol. The van der Waals surface area contributed by atoms with Gasteiger partial charge in [-0.15, -0.1) is 0 Å². The Hall–Kier alpha value is -3.94. The van der Waals surface area contributed by atoms with Crippen LogP contribution in [-0.4, -0.2) is 23.5 Å². The number of fused-ring (bicyclic) bond motifs is 1. The molecule has 2 amide bonds. The number of para-hydroxylation sites is 1. The molecule has 0 aliphatic heterocycles. The number of ether oxygens (including phenoxy) is 1. The van der Waals surface area contributed by atoms with Crippen molar-refractivity contribution in [2.75, 3.05) is 5.32 Å². The van der Waals surface area contributed by atoms with E-state index in [9.17, 15) is 9.59 Å². The molecule has 0 saturated heterocycles. The minimum absolute atomic E-state index is 0.189. The number of carbonyl (C=O) groups is 2. The maximum absolute atomic E-state index is 12.2. The maximum atomic E-state index is 12.2. The maximum Gasteiger partial charge on any atom is 0.271 e. The van der Waals surface area contributed by atoms with Gasteiger partial charge in [0.05, 0.1) is 17.4 Å². The molecule has 0 spiro atoms. The lowest BCUT2D eigenvalue weighted by atomic mass is 10.1. The highest BCUT2D eigenvalue weighted by Crippen LogP contribution is 2.34. The summed E-state index contributed by atoms with van der Waals surface area (Å²) in [7, 11) is 0. The van der Waals surface area contributed by atoms with Crippen molar-refractivity contribution in [1.82, 2.24) is 10.4 Å². The lowest BCUT2D eigenvalue weighted by molar-refractivity contribution is -0.105. The van der Waals surface area contributed by atoms with E-state index < -0.39 is 5.91 Å². The molecular formula is C24H16Cl2N4O3. The van der Waals surface area contributed by atoms with Gasteiger partial charge in [-0.05, 0) is 48.5 Å². The number of hydrazone groups is 1. The number of benzene rings is 3. The molecule has 0 aliphatic carbocycles. The van der Waals surface area contributed by atoms with Crippen molar-refractivity contribution >= 4 is 58.3 Å². The third kappa shape index (κ3) is 5.46. The van der Waals surface area contributed by atoms with E-state index in [-0.39, 0.29) is 5.15 Å². The summed E-state index contributed by atoms with van der Waals surface area (Å²) in [5.41, 5.74) is 4.35. The van der Waals surface area contributed by atoms with Gasteiger partial charge >= 0.3 is 0 Å². The van der Waals surface area contributed by atoms with Crippen molar-refractivity contribution in [1.29, 1.82) is 0 Å². The van der Waals surface area contributed by atoms with Crippen molar-refractivity contribution in [3.05, 3.63) is 94.1 Å². The summed E-state index contributed by atoms with van der Waals surface area (Å²) >= 11 is 12.2. The van der Waals surface area contributed by atoms with Gasteiger partial charge in [0.15, 0.2) is 5.75 Å². The SMILES string of the molecule is O=CNc1cc2cc(/C=N/NC(=O)c3ccc(Cl)cc3)c(Cl)nc2cc1Oc1ccccc1. The molecule has 3 aromatic carbocycles. The molecule has 0 unspecified atom stereocenters. The molecule has 4 rings (SSSR count). The van der Waals surface area contributed by atoms with E-state index in [2.05, 4.69) is 20.8 Å². The Kier molecular flexibility index (Phi) is 6.83. The summed E-state index contributed by atoms with van der Waals surface area (Å²) in [5.74, 6) is 0.631. The zero-order chi connectivity index (χ0) is 23.2. The minimum atomic E-state index is -0.395. The molecule has 0 saturated carbocycles. The second kappa shape index (κ2) is 10.1. The summed E-state index contributed by atoms with van der Waals surface area (Å²) in [6, 6.07) is 20.7. The number of nitrogens with one attached hydrogen (secondary N) is 2. The van der Waals surface area contributed by atoms with Crippen LogP contribution in [0.25, 0.3) is 10.9 Å². The number of pyridine rings is 1. The highest BCUT2D eigenvalue weighted by atomic mass is 35.5. The Morgan fingerprint density at radius 1 is 1.00 bits per heavy atom. The number of hydrogen-bond acceptors (Lipinski definition) is 5. The Balaban J connectivity index is 1.59. The molecule has 164 valence electrons. The highest BCUT2D eigenvalue weighted by Gasteiger charge is 2.11. The first-order chi connectivity index (χ1) is 16.0. The van der Waals surface area contributed by atoms with E-state index in [0.717, 1.165) is 0 Å². The van der Waals surface area contributed by atoms with E-state index in [1.165, 1.54) is 6.21 Å². The number of carbonyl (C=O) groups excluding carboxylic acids is 2. The van der Waals surface area contributed by atoms with Crippen molar-refractivity contribution in [2.24, 2.45) is 5.10 Å². The van der Waals surface area contributed by atoms with E-state index in [4.69, 9.17) is 27.9 Å². The number of halogens is 2. The summed E-state index contributed by atoms with van der Waals surface area (Å²) in [4.78, 5) is 27.7. The van der Waals surface area contributed by atoms with E-state index in [0.29, 0.717) is 50.6 Å². The summed E-state index contributed by atoms with van der Waals surface area (Å²) in [5, 5.41) is 8.01. The van der Waals surface area contributed by atoms with Crippen LogP contribution < -0.4 is 15.5 Å². The number of anilines is 1. The quantitative estimate of drug-likeness (QED) is 0.155. The molecule has 9 heteroatoms. The van der Waals surface area contributed by atoms with Crippen LogP contribution in [0, 0.1) is 0 Å². The molecule has 2 N–H and O–H groups in total. The van der Waals surface area contributed by atoms with Gasteiger partial charge in [-0.3, -0.25) is 9.59 Å². The lowest BCUT2D eigenvalue weighted by Crippen LogP contribution is -2.17. The average Bonchev–Trinajstić information content (AvgIpc) is 2.81. The zero-order valence-corrected chi connectivity index (χ0v) is 18.5. The first-order valence-electron chi connectivity index (χ1n) is 9.70. The molecule has 0 aliphatic rings. The molecule has 33 heavy (non-hydrogen) atoms. The molecule has 7 nitrogen and oxygen atoms in total. The van der Waals surface area contributed by atoms with Crippen LogP contribution in [0.2, 0.25) is 10.2 Å². The third-order valence-electron chi connectivity index (χ3n) is 4.56. The second-order valence-corrected chi connectivity index (χ2v) is 7.59. The normalized spacial score (nSPS) is 10.8.